The second-order valence-electron chi connectivity index (χ2n) is 8.48. The van der Waals surface area contributed by atoms with Crippen LogP contribution in [0.3, 0.4) is 0 Å². The molecule has 0 radical (unpaired) electrons. The van der Waals surface area contributed by atoms with Gasteiger partial charge in [-0.25, -0.2) is 0 Å². The first-order valence-electron chi connectivity index (χ1n) is 11.3. The van der Waals surface area contributed by atoms with Crippen molar-refractivity contribution in [3.8, 4) is 5.75 Å². The molecule has 0 aliphatic carbocycles. The number of ketones is 1. The second-order valence-corrected chi connectivity index (χ2v) is 8.48. The number of carbonyl (C=O) groups excluding carboxylic acids is 2. The van der Waals surface area contributed by atoms with Crippen molar-refractivity contribution in [1.29, 1.82) is 0 Å². The number of aliphatic hydroxyl groups excluding tert-OH is 1. The quantitative estimate of drug-likeness (QED) is 0.211. The highest BCUT2D eigenvalue weighted by Crippen LogP contribution is 2.40. The van der Waals surface area contributed by atoms with Crippen LogP contribution in [0.1, 0.15) is 22.7 Å². The van der Waals surface area contributed by atoms with Gasteiger partial charge in [0.1, 0.15) is 11.5 Å². The summed E-state index contributed by atoms with van der Waals surface area (Å²) >= 11 is 0. The molecule has 2 heterocycles. The van der Waals surface area contributed by atoms with Crippen molar-refractivity contribution in [1.82, 2.24) is 9.80 Å². The van der Waals surface area contributed by atoms with Crippen LogP contribution in [0.4, 0.5) is 5.69 Å². The molecule has 2 saturated heterocycles. The third kappa shape index (κ3) is 4.89. The van der Waals surface area contributed by atoms with Gasteiger partial charge in [0.2, 0.25) is 0 Å². The summed E-state index contributed by atoms with van der Waals surface area (Å²) < 4.78 is 10.6. The minimum Gasteiger partial charge on any atom is -0.507 e. The lowest BCUT2D eigenvalue weighted by atomic mass is 9.93. The number of hydrogen-bond donors (Lipinski definition) is 1. The Kier molecular flexibility index (Phi) is 7.13. The van der Waals surface area contributed by atoms with Gasteiger partial charge in [-0.05, 0) is 36.2 Å². The van der Waals surface area contributed by atoms with E-state index in [0.29, 0.717) is 55.3 Å². The van der Waals surface area contributed by atoms with E-state index in [1.165, 1.54) is 30.2 Å². The summed E-state index contributed by atoms with van der Waals surface area (Å²) in [5, 5.41) is 22.7. The van der Waals surface area contributed by atoms with Gasteiger partial charge in [0.05, 0.1) is 36.9 Å². The average molecular weight is 482 g/mol. The number of methoxy groups -OCH3 is 1. The van der Waals surface area contributed by atoms with E-state index in [2.05, 4.69) is 4.90 Å². The summed E-state index contributed by atoms with van der Waals surface area (Å²) in [6.45, 7) is 5.06. The van der Waals surface area contributed by atoms with Crippen LogP contribution in [0.2, 0.25) is 0 Å². The summed E-state index contributed by atoms with van der Waals surface area (Å²) in [5.41, 5.74) is 1.16. The molecule has 2 aliphatic rings. The van der Waals surface area contributed by atoms with E-state index in [0.717, 1.165) is 0 Å². The predicted octanol–water partition coefficient (Wildman–Crippen LogP) is 2.67. The van der Waals surface area contributed by atoms with Gasteiger partial charge in [0, 0.05) is 43.9 Å². The van der Waals surface area contributed by atoms with Crippen molar-refractivity contribution >= 4 is 23.1 Å². The molecule has 35 heavy (non-hydrogen) atoms. The van der Waals surface area contributed by atoms with Gasteiger partial charge in [-0.15, -0.1) is 0 Å². The summed E-state index contributed by atoms with van der Waals surface area (Å²) in [5.74, 6) is -1.31. The molecule has 2 aliphatic heterocycles. The van der Waals surface area contributed by atoms with E-state index in [1.54, 1.807) is 31.2 Å². The van der Waals surface area contributed by atoms with Crippen LogP contribution < -0.4 is 4.74 Å². The first-order chi connectivity index (χ1) is 16.8. The van der Waals surface area contributed by atoms with Crippen molar-refractivity contribution < 1.29 is 29.1 Å². The second kappa shape index (κ2) is 10.2. The largest absolute Gasteiger partial charge is 0.507 e. The first-order valence-corrected chi connectivity index (χ1v) is 11.3. The molecule has 10 heteroatoms. The summed E-state index contributed by atoms with van der Waals surface area (Å²) in [6, 6.07) is 9.84. The SMILES string of the molecule is COc1ccc(/C(O)=C2\C(=O)C(=O)N(CCN3CCOCC3)[C@@H]2c2cccc([N+](=O)[O-])c2)c(C)c1. The normalized spacial score (nSPS) is 20.3. The number of likely N-dealkylation sites (tertiary alicyclic amines) is 1. The Morgan fingerprint density at radius 1 is 1.17 bits per heavy atom. The summed E-state index contributed by atoms with van der Waals surface area (Å²) in [7, 11) is 1.52. The molecule has 10 nitrogen and oxygen atoms in total. The number of aryl methyl sites for hydroxylation is 1. The first kappa shape index (κ1) is 24.4. The highest BCUT2D eigenvalue weighted by molar-refractivity contribution is 6.46. The number of non-ortho nitro benzene ring substituents is 1. The zero-order valence-electron chi connectivity index (χ0n) is 19.6. The minimum absolute atomic E-state index is 0.0919. The Labute approximate surface area is 202 Å². The zero-order valence-corrected chi connectivity index (χ0v) is 19.6. The Morgan fingerprint density at radius 2 is 1.91 bits per heavy atom. The molecule has 0 saturated carbocycles. The van der Waals surface area contributed by atoms with Crippen LogP contribution in [0.25, 0.3) is 5.76 Å². The molecule has 184 valence electrons. The third-order valence-corrected chi connectivity index (χ3v) is 6.39. The molecular formula is C25H27N3O7. The van der Waals surface area contributed by atoms with Crippen LogP contribution >= 0.6 is 0 Å². The maximum atomic E-state index is 13.2. The molecule has 0 bridgehead atoms. The van der Waals surface area contributed by atoms with Crippen LogP contribution in [0, 0.1) is 17.0 Å². The maximum Gasteiger partial charge on any atom is 0.295 e. The number of carbonyl (C=O) groups is 2. The van der Waals surface area contributed by atoms with E-state index in [9.17, 15) is 24.8 Å². The Balaban J connectivity index is 1.79. The van der Waals surface area contributed by atoms with E-state index >= 15 is 0 Å². The molecule has 1 atom stereocenters. The number of nitro benzene ring substituents is 1. The van der Waals surface area contributed by atoms with E-state index in [1.807, 2.05) is 0 Å². The number of morpholine rings is 1. The van der Waals surface area contributed by atoms with E-state index in [-0.39, 0.29) is 23.6 Å². The Morgan fingerprint density at radius 3 is 2.57 bits per heavy atom. The van der Waals surface area contributed by atoms with Gasteiger partial charge >= 0.3 is 0 Å². The number of amides is 1. The number of nitrogens with zero attached hydrogens (tertiary/aromatic N) is 3. The fraction of sp³-hybridized carbons (Fsp3) is 0.360. The molecule has 1 N–H and O–H groups in total. The van der Waals surface area contributed by atoms with Crippen LogP contribution in [-0.2, 0) is 14.3 Å². The molecule has 4 rings (SSSR count). The highest BCUT2D eigenvalue weighted by Gasteiger charge is 2.46. The topological polar surface area (TPSA) is 122 Å². The van der Waals surface area contributed by atoms with Crippen molar-refractivity contribution in [2.45, 2.75) is 13.0 Å². The van der Waals surface area contributed by atoms with Crippen LogP contribution in [0.15, 0.2) is 48.0 Å². The fourth-order valence-electron chi connectivity index (χ4n) is 4.51. The van der Waals surface area contributed by atoms with Crippen molar-refractivity contribution in [3.05, 3.63) is 74.8 Å². The predicted molar refractivity (Wildman–Crippen MR) is 127 cm³/mol. The Hall–Kier alpha value is -3.76. The zero-order chi connectivity index (χ0) is 25.1. The molecule has 2 aromatic carbocycles. The number of benzene rings is 2. The molecule has 2 fully saturated rings. The number of aliphatic hydroxyl groups is 1. The highest BCUT2D eigenvalue weighted by atomic mass is 16.6. The third-order valence-electron chi connectivity index (χ3n) is 6.39. The van der Waals surface area contributed by atoms with Gasteiger partial charge in [0.15, 0.2) is 0 Å². The molecule has 2 aromatic rings. The lowest BCUT2D eigenvalue weighted by molar-refractivity contribution is -0.384. The standard InChI is InChI=1S/C25H27N3O7/c1-16-14-19(34-2)6-7-20(16)23(29)21-22(17-4-3-5-18(15-17)28(32)33)27(25(31)24(21)30)9-8-26-10-12-35-13-11-26/h3-7,14-15,22,29H,8-13H2,1-2H3/b23-21+/t22-/m1/s1. The monoisotopic (exact) mass is 481 g/mol. The van der Waals surface area contributed by atoms with Gasteiger partial charge < -0.3 is 19.5 Å². The molecule has 0 spiro atoms. The lowest BCUT2D eigenvalue weighted by Crippen LogP contribution is -2.42. The molecule has 0 aromatic heterocycles. The van der Waals surface area contributed by atoms with Crippen molar-refractivity contribution in [2.24, 2.45) is 0 Å². The Bertz CT molecular complexity index is 1190. The molecule has 1 amide bonds. The molecule has 0 unspecified atom stereocenters. The van der Waals surface area contributed by atoms with Crippen molar-refractivity contribution in [2.75, 3.05) is 46.5 Å². The van der Waals surface area contributed by atoms with Crippen LogP contribution in [-0.4, -0.2) is 78.0 Å². The van der Waals surface area contributed by atoms with E-state index < -0.39 is 22.7 Å². The smallest absolute Gasteiger partial charge is 0.295 e. The van der Waals surface area contributed by atoms with Crippen molar-refractivity contribution in [3.63, 3.8) is 0 Å². The summed E-state index contributed by atoms with van der Waals surface area (Å²) in [4.78, 5) is 40.8. The number of hydrogen-bond acceptors (Lipinski definition) is 8. The van der Waals surface area contributed by atoms with Gasteiger partial charge in [-0.1, -0.05) is 12.1 Å². The van der Waals surface area contributed by atoms with Gasteiger partial charge in [-0.2, -0.15) is 0 Å². The van der Waals surface area contributed by atoms with E-state index in [4.69, 9.17) is 9.47 Å². The van der Waals surface area contributed by atoms with Gasteiger partial charge in [-0.3, -0.25) is 24.6 Å². The lowest BCUT2D eigenvalue weighted by Gasteiger charge is -2.31. The van der Waals surface area contributed by atoms with Crippen LogP contribution in [0.5, 0.6) is 5.75 Å². The fourth-order valence-corrected chi connectivity index (χ4v) is 4.51. The maximum absolute atomic E-state index is 13.2. The number of Topliss-reactive ketones (excluding diaryl/α,β-unsaturated/α-hetero) is 1. The minimum atomic E-state index is -0.961. The van der Waals surface area contributed by atoms with Gasteiger partial charge in [0.25, 0.3) is 17.4 Å². The number of ether oxygens (including phenoxy) is 2. The number of nitro groups is 1. The average Bonchev–Trinajstić information content (AvgIpc) is 3.12. The molecular weight excluding hydrogens is 454 g/mol. The summed E-state index contributed by atoms with van der Waals surface area (Å²) in [6.07, 6.45) is 0. The number of rotatable bonds is 7.